The van der Waals surface area contributed by atoms with Crippen molar-refractivity contribution < 1.29 is 4.79 Å². The number of nitrogens with zero attached hydrogens (tertiary/aromatic N) is 1. The average Bonchev–Trinajstić information content (AvgIpc) is 2.40. The van der Waals surface area contributed by atoms with Crippen molar-refractivity contribution in [1.82, 2.24) is 10.2 Å². The van der Waals surface area contributed by atoms with Gasteiger partial charge in [0.15, 0.2) is 5.78 Å². The molecule has 0 aliphatic carbocycles. The number of hydrogen-bond donors (Lipinski definition) is 1. The average molecular weight is 246 g/mol. The molecule has 2 rings (SSSR count). The van der Waals surface area contributed by atoms with Crippen LogP contribution in [0.4, 0.5) is 0 Å². The zero-order valence-corrected chi connectivity index (χ0v) is 11.3. The Hall–Kier alpha value is -1.19. The fourth-order valence-electron chi connectivity index (χ4n) is 2.57. The molecule has 98 valence electrons. The van der Waals surface area contributed by atoms with Gasteiger partial charge in [0.1, 0.15) is 0 Å². The first-order valence-electron chi connectivity index (χ1n) is 6.67. The minimum absolute atomic E-state index is 0.173. The molecule has 1 fully saturated rings. The summed E-state index contributed by atoms with van der Waals surface area (Å²) in [5.74, 6) is 0.788. The number of nitrogens with one attached hydrogen (secondary N) is 1. The van der Waals surface area contributed by atoms with Crippen LogP contribution in [0.1, 0.15) is 34.7 Å². The van der Waals surface area contributed by atoms with E-state index in [9.17, 15) is 4.79 Å². The molecular weight excluding hydrogens is 224 g/mol. The molecule has 0 bridgehead atoms. The number of carbonyl (C=O) groups excluding carboxylic acids is 1. The van der Waals surface area contributed by atoms with Gasteiger partial charge in [-0.05, 0) is 57.6 Å². The topological polar surface area (TPSA) is 32.3 Å². The van der Waals surface area contributed by atoms with E-state index < -0.39 is 0 Å². The highest BCUT2D eigenvalue weighted by Gasteiger charge is 2.19. The molecule has 3 nitrogen and oxygen atoms in total. The Morgan fingerprint density at radius 1 is 1.39 bits per heavy atom. The molecule has 0 amide bonds. The first-order chi connectivity index (χ1) is 8.70. The first-order valence-corrected chi connectivity index (χ1v) is 6.67. The van der Waals surface area contributed by atoms with Crippen molar-refractivity contribution >= 4 is 5.78 Å². The van der Waals surface area contributed by atoms with Gasteiger partial charge >= 0.3 is 0 Å². The van der Waals surface area contributed by atoms with Crippen molar-refractivity contribution in [2.24, 2.45) is 0 Å². The molecule has 1 saturated heterocycles. The van der Waals surface area contributed by atoms with Gasteiger partial charge in [-0.2, -0.15) is 0 Å². The lowest BCUT2D eigenvalue weighted by Crippen LogP contribution is -2.29. The first kappa shape index (κ1) is 13.2. The van der Waals surface area contributed by atoms with Gasteiger partial charge in [-0.15, -0.1) is 0 Å². The van der Waals surface area contributed by atoms with Gasteiger partial charge < -0.3 is 10.2 Å². The molecule has 1 aromatic carbocycles. The van der Waals surface area contributed by atoms with E-state index in [-0.39, 0.29) is 5.78 Å². The predicted molar refractivity (Wildman–Crippen MR) is 74.2 cm³/mol. The molecule has 0 radical (unpaired) electrons. The monoisotopic (exact) mass is 246 g/mol. The Morgan fingerprint density at radius 3 is 2.78 bits per heavy atom. The van der Waals surface area contributed by atoms with Gasteiger partial charge in [0, 0.05) is 5.56 Å². The third-order valence-corrected chi connectivity index (χ3v) is 3.74. The van der Waals surface area contributed by atoms with Crippen LogP contribution in [-0.2, 0) is 0 Å². The van der Waals surface area contributed by atoms with Crippen LogP contribution in [0, 0.1) is 0 Å². The number of rotatable bonds is 4. The number of likely N-dealkylation sites (N-methyl/N-ethyl adjacent to an activating group) is 1. The molecule has 18 heavy (non-hydrogen) atoms. The minimum atomic E-state index is 0.173. The fourth-order valence-corrected chi connectivity index (χ4v) is 2.57. The predicted octanol–water partition coefficient (Wildman–Crippen LogP) is 1.90. The molecule has 0 atom stereocenters. The molecule has 1 aliphatic heterocycles. The molecule has 0 spiro atoms. The zero-order chi connectivity index (χ0) is 13.0. The zero-order valence-electron chi connectivity index (χ0n) is 11.3. The Labute approximate surface area is 109 Å². The summed E-state index contributed by atoms with van der Waals surface area (Å²) in [7, 11) is 3.97. The maximum absolute atomic E-state index is 11.9. The highest BCUT2D eigenvalue weighted by atomic mass is 16.1. The smallest absolute Gasteiger partial charge is 0.176 e. The van der Waals surface area contributed by atoms with Crippen molar-refractivity contribution in [3.8, 4) is 0 Å². The van der Waals surface area contributed by atoms with Crippen LogP contribution >= 0.6 is 0 Å². The van der Waals surface area contributed by atoms with E-state index in [1.165, 1.54) is 18.4 Å². The van der Waals surface area contributed by atoms with E-state index in [1.54, 1.807) is 7.05 Å². The van der Waals surface area contributed by atoms with E-state index in [1.807, 2.05) is 12.1 Å². The number of piperidine rings is 1. The second kappa shape index (κ2) is 6.12. The van der Waals surface area contributed by atoms with Crippen LogP contribution in [0.15, 0.2) is 24.3 Å². The summed E-state index contributed by atoms with van der Waals surface area (Å²) >= 11 is 0. The molecule has 1 aliphatic rings. The van der Waals surface area contributed by atoms with Crippen LogP contribution in [0.5, 0.6) is 0 Å². The molecule has 1 aromatic rings. The summed E-state index contributed by atoms with van der Waals surface area (Å²) in [6.07, 6.45) is 2.39. The van der Waals surface area contributed by atoms with Crippen LogP contribution in [0.2, 0.25) is 0 Å². The third kappa shape index (κ3) is 3.18. The fraction of sp³-hybridized carbons (Fsp3) is 0.533. The van der Waals surface area contributed by atoms with Gasteiger partial charge in [-0.3, -0.25) is 4.79 Å². The van der Waals surface area contributed by atoms with Crippen LogP contribution in [0.3, 0.4) is 0 Å². The van der Waals surface area contributed by atoms with Gasteiger partial charge in [-0.25, -0.2) is 0 Å². The molecule has 0 unspecified atom stereocenters. The minimum Gasteiger partial charge on any atom is -0.313 e. The summed E-state index contributed by atoms with van der Waals surface area (Å²) in [5.41, 5.74) is 2.16. The number of Topliss-reactive ketones (excluding diaryl/α,β-unsaturated/α-hetero) is 1. The SMILES string of the molecule is CNCC(=O)c1cccc(C2CCN(C)CC2)c1. The molecule has 0 aromatic heterocycles. The number of benzene rings is 1. The quantitative estimate of drug-likeness (QED) is 0.824. The summed E-state index contributed by atoms with van der Waals surface area (Å²) in [5, 5.41) is 2.91. The lowest BCUT2D eigenvalue weighted by molar-refractivity contribution is 0.0993. The highest BCUT2D eigenvalue weighted by Crippen LogP contribution is 2.27. The lowest BCUT2D eigenvalue weighted by Gasteiger charge is -2.29. The second-order valence-electron chi connectivity index (χ2n) is 5.16. The van der Waals surface area contributed by atoms with E-state index in [0.717, 1.165) is 18.7 Å². The number of likely N-dealkylation sites (tertiary alicyclic amines) is 1. The normalized spacial score (nSPS) is 17.9. The number of hydrogen-bond acceptors (Lipinski definition) is 3. The third-order valence-electron chi connectivity index (χ3n) is 3.74. The number of ketones is 1. The summed E-state index contributed by atoms with van der Waals surface area (Å²) in [4.78, 5) is 14.2. The Bertz CT molecular complexity index is 409. The summed E-state index contributed by atoms with van der Waals surface area (Å²) in [6, 6.07) is 8.16. The van der Waals surface area contributed by atoms with Gasteiger partial charge in [0.25, 0.3) is 0 Å². The van der Waals surface area contributed by atoms with Gasteiger partial charge in [0.2, 0.25) is 0 Å². The summed E-state index contributed by atoms with van der Waals surface area (Å²) in [6.45, 7) is 2.72. The van der Waals surface area contributed by atoms with Crippen molar-refractivity contribution in [2.45, 2.75) is 18.8 Å². The Morgan fingerprint density at radius 2 is 2.11 bits per heavy atom. The van der Waals surface area contributed by atoms with Crippen molar-refractivity contribution in [1.29, 1.82) is 0 Å². The van der Waals surface area contributed by atoms with Crippen LogP contribution < -0.4 is 5.32 Å². The molecule has 3 heteroatoms. The number of carbonyl (C=O) groups is 1. The standard InChI is InChI=1S/C15H22N2O/c1-16-11-15(18)14-5-3-4-13(10-14)12-6-8-17(2)9-7-12/h3-5,10,12,16H,6-9,11H2,1-2H3. The largest absolute Gasteiger partial charge is 0.313 e. The molecule has 0 saturated carbocycles. The maximum atomic E-state index is 11.9. The van der Waals surface area contributed by atoms with E-state index in [0.29, 0.717) is 12.5 Å². The molecular formula is C15H22N2O. The lowest BCUT2D eigenvalue weighted by atomic mass is 9.88. The van der Waals surface area contributed by atoms with Crippen molar-refractivity contribution in [3.63, 3.8) is 0 Å². The van der Waals surface area contributed by atoms with Crippen molar-refractivity contribution in [3.05, 3.63) is 35.4 Å². The highest BCUT2D eigenvalue weighted by molar-refractivity contribution is 5.97. The van der Waals surface area contributed by atoms with Crippen LogP contribution in [-0.4, -0.2) is 44.4 Å². The second-order valence-corrected chi connectivity index (χ2v) is 5.16. The van der Waals surface area contributed by atoms with Crippen LogP contribution in [0.25, 0.3) is 0 Å². The summed E-state index contributed by atoms with van der Waals surface area (Å²) < 4.78 is 0. The van der Waals surface area contributed by atoms with E-state index in [2.05, 4.69) is 29.4 Å². The van der Waals surface area contributed by atoms with Crippen molar-refractivity contribution in [2.75, 3.05) is 33.7 Å². The van der Waals surface area contributed by atoms with E-state index in [4.69, 9.17) is 0 Å². The molecule has 1 N–H and O–H groups in total. The van der Waals surface area contributed by atoms with Gasteiger partial charge in [-0.1, -0.05) is 18.2 Å². The Kier molecular flexibility index (Phi) is 4.50. The maximum Gasteiger partial charge on any atom is 0.176 e. The van der Waals surface area contributed by atoms with Gasteiger partial charge in [0.05, 0.1) is 6.54 Å². The molecule has 1 heterocycles. The van der Waals surface area contributed by atoms with E-state index >= 15 is 0 Å². The Balaban J connectivity index is 2.09.